The topological polar surface area (TPSA) is 0 Å². The molecule has 0 aliphatic heterocycles. The summed E-state index contributed by atoms with van der Waals surface area (Å²) >= 11 is 3.31. The second-order valence-corrected chi connectivity index (χ2v) is 3.80. The predicted octanol–water partition coefficient (Wildman–Crippen LogP) is 4.43. The van der Waals surface area contributed by atoms with E-state index >= 15 is 0 Å². The molecular formula is C11H12BrF. The highest BCUT2D eigenvalue weighted by Gasteiger charge is 2.07. The fraction of sp³-hybridized carbons (Fsp3) is 0.273. The minimum atomic E-state index is -0.879. The Balaban J connectivity index is 2.65. The Hall–Kier alpha value is -0.630. The largest absolute Gasteiger partial charge is 0.242 e. The molecular weight excluding hydrogens is 231 g/mol. The second kappa shape index (κ2) is 5.18. The fourth-order valence-electron chi connectivity index (χ4n) is 1.13. The van der Waals surface area contributed by atoms with Crippen molar-refractivity contribution < 1.29 is 4.39 Å². The third-order valence-electron chi connectivity index (χ3n) is 1.83. The number of allylic oxidation sites excluding steroid dienone is 1. The molecule has 0 radical (unpaired) electrons. The SMILES string of the molecule is C=CCCC(F)c1cccc(Br)c1. The van der Waals surface area contributed by atoms with Gasteiger partial charge in [-0.3, -0.25) is 0 Å². The predicted molar refractivity (Wildman–Crippen MR) is 57.4 cm³/mol. The van der Waals surface area contributed by atoms with Gasteiger partial charge in [0.05, 0.1) is 0 Å². The Morgan fingerprint density at radius 1 is 1.54 bits per heavy atom. The molecule has 0 aliphatic rings. The number of rotatable bonds is 4. The molecule has 0 saturated heterocycles. The Morgan fingerprint density at radius 2 is 2.31 bits per heavy atom. The smallest absolute Gasteiger partial charge is 0.125 e. The third kappa shape index (κ3) is 3.31. The van der Waals surface area contributed by atoms with Gasteiger partial charge < -0.3 is 0 Å². The van der Waals surface area contributed by atoms with Gasteiger partial charge in [-0.05, 0) is 30.5 Å². The van der Waals surface area contributed by atoms with Crippen molar-refractivity contribution >= 4 is 15.9 Å². The van der Waals surface area contributed by atoms with Crippen molar-refractivity contribution in [2.75, 3.05) is 0 Å². The molecule has 70 valence electrons. The van der Waals surface area contributed by atoms with E-state index in [-0.39, 0.29) is 0 Å². The van der Waals surface area contributed by atoms with Crippen molar-refractivity contribution in [3.05, 3.63) is 47.0 Å². The lowest BCUT2D eigenvalue weighted by Gasteiger charge is -2.06. The summed E-state index contributed by atoms with van der Waals surface area (Å²) in [5, 5.41) is 0. The summed E-state index contributed by atoms with van der Waals surface area (Å²) in [4.78, 5) is 0. The fourth-order valence-corrected chi connectivity index (χ4v) is 1.55. The molecule has 1 rings (SSSR count). The maximum absolute atomic E-state index is 13.4. The molecule has 0 nitrogen and oxygen atoms in total. The van der Waals surface area contributed by atoms with Crippen LogP contribution in [0.25, 0.3) is 0 Å². The first kappa shape index (κ1) is 10.5. The molecule has 0 spiro atoms. The van der Waals surface area contributed by atoms with Crippen LogP contribution >= 0.6 is 15.9 Å². The van der Waals surface area contributed by atoms with Crippen molar-refractivity contribution in [3.8, 4) is 0 Å². The monoisotopic (exact) mass is 242 g/mol. The minimum Gasteiger partial charge on any atom is -0.242 e. The molecule has 0 saturated carbocycles. The van der Waals surface area contributed by atoms with Crippen molar-refractivity contribution in [2.45, 2.75) is 19.0 Å². The summed E-state index contributed by atoms with van der Waals surface area (Å²) in [6.45, 7) is 3.57. The molecule has 1 aromatic rings. The van der Waals surface area contributed by atoms with E-state index in [1.54, 1.807) is 12.1 Å². The Labute approximate surface area is 86.6 Å². The molecule has 0 fully saturated rings. The van der Waals surface area contributed by atoms with Crippen LogP contribution < -0.4 is 0 Å². The first-order valence-corrected chi connectivity index (χ1v) is 5.03. The average Bonchev–Trinajstić information content (AvgIpc) is 2.14. The van der Waals surface area contributed by atoms with Gasteiger partial charge in [0.2, 0.25) is 0 Å². The first-order chi connectivity index (χ1) is 6.24. The van der Waals surface area contributed by atoms with E-state index in [4.69, 9.17) is 0 Å². The van der Waals surface area contributed by atoms with Gasteiger partial charge in [-0.25, -0.2) is 4.39 Å². The Bertz CT molecular complexity index is 283. The van der Waals surface area contributed by atoms with Gasteiger partial charge in [-0.2, -0.15) is 0 Å². The Morgan fingerprint density at radius 3 is 2.92 bits per heavy atom. The van der Waals surface area contributed by atoms with Crippen LogP contribution in [0.4, 0.5) is 4.39 Å². The van der Waals surface area contributed by atoms with Crippen LogP contribution in [-0.4, -0.2) is 0 Å². The maximum Gasteiger partial charge on any atom is 0.125 e. The van der Waals surface area contributed by atoms with Crippen LogP contribution in [0.3, 0.4) is 0 Å². The molecule has 2 heteroatoms. The lowest BCUT2D eigenvalue weighted by Crippen LogP contribution is -1.90. The molecule has 0 amide bonds. The molecule has 1 atom stereocenters. The van der Waals surface area contributed by atoms with E-state index in [0.29, 0.717) is 12.8 Å². The highest BCUT2D eigenvalue weighted by atomic mass is 79.9. The Kier molecular flexibility index (Phi) is 4.16. The number of hydrogen-bond donors (Lipinski definition) is 0. The van der Waals surface area contributed by atoms with Gasteiger partial charge in [0.25, 0.3) is 0 Å². The summed E-state index contributed by atoms with van der Waals surface area (Å²) < 4.78 is 14.4. The van der Waals surface area contributed by atoms with E-state index in [0.717, 1.165) is 10.0 Å². The molecule has 1 aromatic carbocycles. The summed E-state index contributed by atoms with van der Waals surface area (Å²) in [7, 11) is 0. The van der Waals surface area contributed by atoms with E-state index in [2.05, 4.69) is 22.5 Å². The van der Waals surface area contributed by atoms with Gasteiger partial charge in [-0.15, -0.1) is 6.58 Å². The van der Waals surface area contributed by atoms with E-state index in [9.17, 15) is 4.39 Å². The van der Waals surface area contributed by atoms with Gasteiger partial charge in [-0.1, -0.05) is 34.1 Å². The lowest BCUT2D eigenvalue weighted by molar-refractivity contribution is 0.325. The van der Waals surface area contributed by atoms with Crippen LogP contribution in [0, 0.1) is 0 Å². The standard InChI is InChI=1S/C11H12BrF/c1-2-3-7-11(13)9-5-4-6-10(12)8-9/h2,4-6,8,11H,1,3,7H2. The van der Waals surface area contributed by atoms with Crippen LogP contribution in [0.5, 0.6) is 0 Å². The zero-order valence-corrected chi connectivity index (χ0v) is 8.93. The second-order valence-electron chi connectivity index (χ2n) is 2.89. The van der Waals surface area contributed by atoms with E-state index < -0.39 is 6.17 Å². The zero-order chi connectivity index (χ0) is 9.68. The zero-order valence-electron chi connectivity index (χ0n) is 7.34. The molecule has 0 bridgehead atoms. The number of halogens is 2. The van der Waals surface area contributed by atoms with Crippen LogP contribution in [0.1, 0.15) is 24.6 Å². The first-order valence-electron chi connectivity index (χ1n) is 4.24. The minimum absolute atomic E-state index is 0.514. The van der Waals surface area contributed by atoms with Crippen LogP contribution in [0.2, 0.25) is 0 Å². The lowest BCUT2D eigenvalue weighted by atomic mass is 10.1. The highest BCUT2D eigenvalue weighted by molar-refractivity contribution is 9.10. The van der Waals surface area contributed by atoms with Gasteiger partial charge in [0.15, 0.2) is 0 Å². The normalized spacial score (nSPS) is 12.5. The summed E-state index contributed by atoms with van der Waals surface area (Å²) in [6, 6.07) is 7.36. The van der Waals surface area contributed by atoms with Crippen molar-refractivity contribution in [1.82, 2.24) is 0 Å². The number of alkyl halides is 1. The van der Waals surface area contributed by atoms with Crippen LogP contribution in [-0.2, 0) is 0 Å². The average molecular weight is 243 g/mol. The highest BCUT2D eigenvalue weighted by Crippen LogP contribution is 2.25. The van der Waals surface area contributed by atoms with Crippen molar-refractivity contribution in [2.24, 2.45) is 0 Å². The number of hydrogen-bond acceptors (Lipinski definition) is 0. The third-order valence-corrected chi connectivity index (χ3v) is 2.33. The molecule has 0 N–H and O–H groups in total. The molecule has 0 aromatic heterocycles. The molecule has 0 heterocycles. The maximum atomic E-state index is 13.4. The van der Waals surface area contributed by atoms with E-state index in [1.807, 2.05) is 18.2 Å². The van der Waals surface area contributed by atoms with Gasteiger partial charge in [0.1, 0.15) is 6.17 Å². The van der Waals surface area contributed by atoms with Crippen molar-refractivity contribution in [1.29, 1.82) is 0 Å². The van der Waals surface area contributed by atoms with E-state index in [1.165, 1.54) is 0 Å². The molecule has 13 heavy (non-hydrogen) atoms. The molecule has 0 aliphatic carbocycles. The van der Waals surface area contributed by atoms with Gasteiger partial charge >= 0.3 is 0 Å². The summed E-state index contributed by atoms with van der Waals surface area (Å²) in [5.74, 6) is 0. The molecule has 1 unspecified atom stereocenters. The number of benzene rings is 1. The van der Waals surface area contributed by atoms with Crippen molar-refractivity contribution in [3.63, 3.8) is 0 Å². The van der Waals surface area contributed by atoms with Crippen LogP contribution in [0.15, 0.2) is 41.4 Å². The quantitative estimate of drug-likeness (QED) is 0.686. The summed E-state index contributed by atoms with van der Waals surface area (Å²) in [6.07, 6.45) is 2.09. The van der Waals surface area contributed by atoms with Gasteiger partial charge in [0, 0.05) is 4.47 Å². The summed E-state index contributed by atoms with van der Waals surface area (Å²) in [5.41, 5.74) is 0.733.